The SMILES string of the molecule is CCNC(=O)[C@@H]1C[C@@H](NC(=O)c2[nH]c3c(C)cc(C)cc3c2C)CN1CC. The number of carbonyl (C=O) groups excluding carboxylic acids is 2. The average Bonchev–Trinajstić information content (AvgIpc) is 3.17. The van der Waals surface area contributed by atoms with Gasteiger partial charge in [-0.15, -0.1) is 0 Å². The highest BCUT2D eigenvalue weighted by molar-refractivity contribution is 6.02. The molecule has 0 radical (unpaired) electrons. The molecule has 0 bridgehead atoms. The minimum Gasteiger partial charge on any atom is -0.355 e. The van der Waals surface area contributed by atoms with Gasteiger partial charge in [0.05, 0.1) is 6.04 Å². The van der Waals surface area contributed by atoms with Crippen LogP contribution in [0, 0.1) is 20.8 Å². The minimum atomic E-state index is -0.172. The summed E-state index contributed by atoms with van der Waals surface area (Å²) >= 11 is 0. The van der Waals surface area contributed by atoms with Gasteiger partial charge in [-0.3, -0.25) is 14.5 Å². The van der Waals surface area contributed by atoms with Gasteiger partial charge >= 0.3 is 0 Å². The molecule has 1 aromatic heterocycles. The van der Waals surface area contributed by atoms with Gasteiger partial charge in [0.2, 0.25) is 5.91 Å². The van der Waals surface area contributed by atoms with E-state index < -0.39 is 0 Å². The van der Waals surface area contributed by atoms with Crippen LogP contribution < -0.4 is 10.6 Å². The van der Waals surface area contributed by atoms with Gasteiger partial charge in [-0.2, -0.15) is 0 Å². The van der Waals surface area contributed by atoms with E-state index in [1.807, 2.05) is 20.8 Å². The number of aromatic amines is 1. The second-order valence-electron chi connectivity index (χ2n) is 7.53. The summed E-state index contributed by atoms with van der Waals surface area (Å²) in [5, 5.41) is 7.12. The Bertz CT molecular complexity index is 871. The largest absolute Gasteiger partial charge is 0.355 e. The van der Waals surface area contributed by atoms with Gasteiger partial charge in [-0.05, 0) is 57.9 Å². The second-order valence-corrected chi connectivity index (χ2v) is 7.53. The summed E-state index contributed by atoms with van der Waals surface area (Å²) in [4.78, 5) is 30.6. The molecule has 3 N–H and O–H groups in total. The maximum absolute atomic E-state index is 12.9. The zero-order valence-electron chi connectivity index (χ0n) is 16.9. The normalized spacial score (nSPS) is 20.2. The van der Waals surface area contributed by atoms with Crippen LogP contribution in [0.2, 0.25) is 0 Å². The molecular weight excluding hydrogens is 340 g/mol. The van der Waals surface area contributed by atoms with Crippen molar-refractivity contribution in [2.75, 3.05) is 19.6 Å². The number of hydrogen-bond acceptors (Lipinski definition) is 3. The number of likely N-dealkylation sites (tertiary alicyclic amines) is 1. The van der Waals surface area contributed by atoms with Crippen molar-refractivity contribution in [3.8, 4) is 0 Å². The second kappa shape index (κ2) is 7.72. The summed E-state index contributed by atoms with van der Waals surface area (Å²) in [7, 11) is 0. The highest BCUT2D eigenvalue weighted by Gasteiger charge is 2.36. The standard InChI is InChI=1S/C21H30N4O2/c1-6-22-20(26)17-10-15(11-25(17)7-2)23-21(27)19-14(5)16-9-12(3)8-13(4)18(16)24-19/h8-9,15,17,24H,6-7,10-11H2,1-5H3,(H,22,26)(H,23,27)/t15-,17+/m1/s1. The summed E-state index contributed by atoms with van der Waals surface area (Å²) in [5.41, 5.74) is 4.93. The van der Waals surface area contributed by atoms with Crippen LogP contribution in [0.3, 0.4) is 0 Å². The van der Waals surface area contributed by atoms with E-state index in [0.717, 1.165) is 28.6 Å². The Balaban J connectivity index is 1.78. The third-order valence-electron chi connectivity index (χ3n) is 5.53. The molecule has 146 valence electrons. The number of rotatable bonds is 5. The fourth-order valence-corrected chi connectivity index (χ4v) is 4.19. The third-order valence-corrected chi connectivity index (χ3v) is 5.53. The number of fused-ring (bicyclic) bond motifs is 1. The molecule has 1 aliphatic rings. The number of hydrogen-bond donors (Lipinski definition) is 3. The van der Waals surface area contributed by atoms with Crippen molar-refractivity contribution in [3.05, 3.63) is 34.5 Å². The van der Waals surface area contributed by atoms with Gasteiger partial charge < -0.3 is 15.6 Å². The lowest BCUT2D eigenvalue weighted by molar-refractivity contribution is -0.125. The monoisotopic (exact) mass is 370 g/mol. The van der Waals surface area contributed by atoms with Crippen molar-refractivity contribution in [2.45, 2.75) is 53.1 Å². The molecule has 1 saturated heterocycles. The van der Waals surface area contributed by atoms with Crippen LogP contribution in [0.25, 0.3) is 10.9 Å². The van der Waals surface area contributed by atoms with E-state index in [4.69, 9.17) is 0 Å². The molecule has 1 aliphatic heterocycles. The van der Waals surface area contributed by atoms with Crippen molar-refractivity contribution >= 4 is 22.7 Å². The third kappa shape index (κ3) is 3.72. The number of aromatic nitrogens is 1. The molecular formula is C21H30N4O2. The van der Waals surface area contributed by atoms with Gasteiger partial charge in [-0.1, -0.05) is 18.6 Å². The van der Waals surface area contributed by atoms with Gasteiger partial charge in [0, 0.05) is 30.0 Å². The van der Waals surface area contributed by atoms with E-state index in [9.17, 15) is 9.59 Å². The van der Waals surface area contributed by atoms with E-state index in [1.165, 1.54) is 5.56 Å². The molecule has 1 fully saturated rings. The highest BCUT2D eigenvalue weighted by Crippen LogP contribution is 2.26. The number of carbonyl (C=O) groups is 2. The average molecular weight is 370 g/mol. The summed E-state index contributed by atoms with van der Waals surface area (Å²) in [6.45, 7) is 12.2. The van der Waals surface area contributed by atoms with Crippen LogP contribution in [0.1, 0.15) is 47.4 Å². The van der Waals surface area contributed by atoms with Crippen molar-refractivity contribution in [3.63, 3.8) is 0 Å². The summed E-state index contributed by atoms with van der Waals surface area (Å²) in [5.74, 6) is -0.0534. The fourth-order valence-electron chi connectivity index (χ4n) is 4.19. The Labute approximate surface area is 160 Å². The number of nitrogens with zero attached hydrogens (tertiary/aromatic N) is 1. The smallest absolute Gasteiger partial charge is 0.268 e. The molecule has 0 unspecified atom stereocenters. The molecule has 0 spiro atoms. The minimum absolute atomic E-state index is 0.0290. The molecule has 2 heterocycles. The first-order chi connectivity index (χ1) is 12.8. The van der Waals surface area contributed by atoms with Crippen LogP contribution >= 0.6 is 0 Å². The number of likely N-dealkylation sites (N-methyl/N-ethyl adjacent to an activating group) is 2. The van der Waals surface area contributed by atoms with E-state index in [2.05, 4.69) is 46.5 Å². The van der Waals surface area contributed by atoms with Gasteiger partial charge in [0.1, 0.15) is 5.69 Å². The summed E-state index contributed by atoms with van der Waals surface area (Å²) in [6.07, 6.45) is 0.642. The molecule has 2 amide bonds. The first kappa shape index (κ1) is 19.4. The zero-order valence-corrected chi connectivity index (χ0v) is 16.9. The summed E-state index contributed by atoms with van der Waals surface area (Å²) < 4.78 is 0. The lowest BCUT2D eigenvalue weighted by atomic mass is 10.1. The first-order valence-corrected chi connectivity index (χ1v) is 9.77. The van der Waals surface area contributed by atoms with Crippen LogP contribution in [0.4, 0.5) is 0 Å². The Kier molecular flexibility index (Phi) is 5.56. The van der Waals surface area contributed by atoms with Crippen molar-refractivity contribution in [2.24, 2.45) is 0 Å². The molecule has 2 atom stereocenters. The van der Waals surface area contributed by atoms with Crippen LogP contribution in [-0.4, -0.2) is 53.4 Å². The Morgan fingerprint density at radius 3 is 2.63 bits per heavy atom. The van der Waals surface area contributed by atoms with Gasteiger partial charge in [-0.25, -0.2) is 0 Å². The van der Waals surface area contributed by atoms with Crippen molar-refractivity contribution < 1.29 is 9.59 Å². The molecule has 27 heavy (non-hydrogen) atoms. The number of aryl methyl sites for hydroxylation is 3. The van der Waals surface area contributed by atoms with Crippen LogP contribution in [0.5, 0.6) is 0 Å². The molecule has 0 saturated carbocycles. The predicted octanol–water partition coefficient (Wildman–Crippen LogP) is 2.42. The highest BCUT2D eigenvalue weighted by atomic mass is 16.2. The molecule has 3 rings (SSSR count). The van der Waals surface area contributed by atoms with Gasteiger partial charge in [0.15, 0.2) is 0 Å². The first-order valence-electron chi connectivity index (χ1n) is 9.77. The number of H-pyrrole nitrogens is 1. The zero-order chi connectivity index (χ0) is 19.7. The van der Waals surface area contributed by atoms with E-state index in [-0.39, 0.29) is 23.9 Å². The van der Waals surface area contributed by atoms with E-state index in [1.54, 1.807) is 0 Å². The molecule has 0 aliphatic carbocycles. The lowest BCUT2D eigenvalue weighted by Gasteiger charge is -2.20. The molecule has 6 heteroatoms. The number of nitrogens with one attached hydrogen (secondary N) is 3. The Morgan fingerprint density at radius 1 is 1.22 bits per heavy atom. The van der Waals surface area contributed by atoms with E-state index >= 15 is 0 Å². The lowest BCUT2D eigenvalue weighted by Crippen LogP contribution is -2.42. The molecule has 6 nitrogen and oxygen atoms in total. The molecule has 2 aromatic rings. The Morgan fingerprint density at radius 2 is 1.96 bits per heavy atom. The number of amides is 2. The maximum atomic E-state index is 12.9. The van der Waals surface area contributed by atoms with E-state index in [0.29, 0.717) is 25.2 Å². The van der Waals surface area contributed by atoms with Crippen LogP contribution in [-0.2, 0) is 4.79 Å². The maximum Gasteiger partial charge on any atom is 0.268 e. The molecule has 1 aromatic carbocycles. The Hall–Kier alpha value is -2.34. The number of benzene rings is 1. The quantitative estimate of drug-likeness (QED) is 0.756. The summed E-state index contributed by atoms with van der Waals surface area (Å²) in [6, 6.07) is 4.03. The van der Waals surface area contributed by atoms with Crippen molar-refractivity contribution in [1.29, 1.82) is 0 Å². The van der Waals surface area contributed by atoms with Gasteiger partial charge in [0.25, 0.3) is 5.91 Å². The van der Waals surface area contributed by atoms with Crippen molar-refractivity contribution in [1.82, 2.24) is 20.5 Å². The van der Waals surface area contributed by atoms with Crippen LogP contribution in [0.15, 0.2) is 12.1 Å². The topological polar surface area (TPSA) is 77.2 Å². The predicted molar refractivity (Wildman–Crippen MR) is 108 cm³/mol. The fraction of sp³-hybridized carbons (Fsp3) is 0.524.